The SMILES string of the molecule is Cc1nc2cc(N)ccc2n1C1CCN(C)C1=O. The lowest BCUT2D eigenvalue weighted by molar-refractivity contribution is -0.129. The van der Waals surface area contributed by atoms with Gasteiger partial charge in [0, 0.05) is 19.3 Å². The smallest absolute Gasteiger partial charge is 0.245 e. The zero-order chi connectivity index (χ0) is 12.9. The van der Waals surface area contributed by atoms with Crippen molar-refractivity contribution in [2.24, 2.45) is 0 Å². The highest BCUT2D eigenvalue weighted by Crippen LogP contribution is 2.29. The number of anilines is 1. The van der Waals surface area contributed by atoms with Crippen LogP contribution in [-0.4, -0.2) is 34.0 Å². The molecule has 1 atom stereocenters. The van der Waals surface area contributed by atoms with E-state index in [4.69, 9.17) is 5.73 Å². The number of amides is 1. The van der Waals surface area contributed by atoms with Gasteiger partial charge in [0.05, 0.1) is 11.0 Å². The second-order valence-electron chi connectivity index (χ2n) is 4.84. The van der Waals surface area contributed by atoms with Crippen LogP contribution in [0.4, 0.5) is 5.69 Å². The van der Waals surface area contributed by atoms with Crippen LogP contribution in [0.2, 0.25) is 0 Å². The Labute approximate surface area is 105 Å². The van der Waals surface area contributed by atoms with Crippen molar-refractivity contribution in [2.45, 2.75) is 19.4 Å². The summed E-state index contributed by atoms with van der Waals surface area (Å²) in [7, 11) is 1.84. The number of aryl methyl sites for hydroxylation is 1. The molecule has 1 aliphatic rings. The van der Waals surface area contributed by atoms with Crippen molar-refractivity contribution in [3.63, 3.8) is 0 Å². The number of nitrogen functional groups attached to an aromatic ring is 1. The molecule has 1 unspecified atom stereocenters. The lowest BCUT2D eigenvalue weighted by atomic mass is 10.2. The van der Waals surface area contributed by atoms with Crippen molar-refractivity contribution >= 4 is 22.6 Å². The average molecular weight is 244 g/mol. The highest BCUT2D eigenvalue weighted by atomic mass is 16.2. The van der Waals surface area contributed by atoms with Crippen molar-refractivity contribution in [3.8, 4) is 0 Å². The zero-order valence-corrected chi connectivity index (χ0v) is 10.6. The third kappa shape index (κ3) is 1.47. The van der Waals surface area contributed by atoms with Gasteiger partial charge in [-0.25, -0.2) is 4.98 Å². The summed E-state index contributed by atoms with van der Waals surface area (Å²) in [6, 6.07) is 5.52. The van der Waals surface area contributed by atoms with E-state index in [1.807, 2.05) is 36.7 Å². The van der Waals surface area contributed by atoms with E-state index in [9.17, 15) is 4.79 Å². The molecule has 94 valence electrons. The topological polar surface area (TPSA) is 64.2 Å². The van der Waals surface area contributed by atoms with Crippen LogP contribution in [0.15, 0.2) is 18.2 Å². The van der Waals surface area contributed by atoms with Gasteiger partial charge < -0.3 is 15.2 Å². The number of benzene rings is 1. The lowest BCUT2D eigenvalue weighted by Gasteiger charge is -2.14. The van der Waals surface area contributed by atoms with Crippen LogP contribution < -0.4 is 5.73 Å². The second kappa shape index (κ2) is 3.73. The molecule has 0 aliphatic carbocycles. The minimum absolute atomic E-state index is 0.122. The van der Waals surface area contributed by atoms with E-state index in [0.717, 1.165) is 29.8 Å². The molecule has 0 saturated carbocycles. The maximum atomic E-state index is 12.1. The zero-order valence-electron chi connectivity index (χ0n) is 10.6. The Bertz CT molecular complexity index is 631. The molecule has 18 heavy (non-hydrogen) atoms. The minimum Gasteiger partial charge on any atom is -0.399 e. The third-order valence-corrected chi connectivity index (χ3v) is 3.60. The summed E-state index contributed by atoms with van der Waals surface area (Å²) in [5.74, 6) is 1.03. The van der Waals surface area contributed by atoms with Crippen molar-refractivity contribution < 1.29 is 4.79 Å². The van der Waals surface area contributed by atoms with Crippen molar-refractivity contribution in [2.75, 3.05) is 19.3 Å². The number of carbonyl (C=O) groups is 1. The van der Waals surface area contributed by atoms with Crippen LogP contribution >= 0.6 is 0 Å². The van der Waals surface area contributed by atoms with Gasteiger partial charge in [-0.05, 0) is 31.5 Å². The molecule has 1 saturated heterocycles. The molecule has 1 amide bonds. The predicted octanol–water partition coefficient (Wildman–Crippen LogP) is 1.33. The van der Waals surface area contributed by atoms with Gasteiger partial charge in [-0.3, -0.25) is 4.79 Å². The Balaban J connectivity index is 2.17. The van der Waals surface area contributed by atoms with Crippen LogP contribution in [0.25, 0.3) is 11.0 Å². The Morgan fingerprint density at radius 2 is 2.22 bits per heavy atom. The number of carbonyl (C=O) groups excluding carboxylic acids is 1. The quantitative estimate of drug-likeness (QED) is 0.770. The van der Waals surface area contributed by atoms with Crippen molar-refractivity contribution in [1.29, 1.82) is 0 Å². The number of hydrogen-bond acceptors (Lipinski definition) is 3. The van der Waals surface area contributed by atoms with Gasteiger partial charge in [0.2, 0.25) is 5.91 Å². The van der Waals surface area contributed by atoms with Crippen LogP contribution in [0.5, 0.6) is 0 Å². The van der Waals surface area contributed by atoms with E-state index >= 15 is 0 Å². The molecule has 0 spiro atoms. The summed E-state index contributed by atoms with van der Waals surface area (Å²) < 4.78 is 2.03. The highest BCUT2D eigenvalue weighted by molar-refractivity contribution is 5.86. The normalized spacial score (nSPS) is 20.0. The van der Waals surface area contributed by atoms with Gasteiger partial charge in [0.15, 0.2) is 0 Å². The van der Waals surface area contributed by atoms with Crippen molar-refractivity contribution in [1.82, 2.24) is 14.5 Å². The molecule has 0 radical (unpaired) electrons. The first kappa shape index (κ1) is 11.1. The summed E-state index contributed by atoms with van der Waals surface area (Å²) in [4.78, 5) is 18.4. The molecular weight excluding hydrogens is 228 g/mol. The molecule has 5 heteroatoms. The number of nitrogens with two attached hydrogens (primary N) is 1. The summed E-state index contributed by atoms with van der Waals surface area (Å²) >= 11 is 0. The monoisotopic (exact) mass is 244 g/mol. The molecule has 2 aromatic rings. The fraction of sp³-hybridized carbons (Fsp3) is 0.385. The summed E-state index contributed by atoms with van der Waals surface area (Å²) in [6.07, 6.45) is 0.839. The molecule has 3 rings (SSSR count). The van der Waals surface area contributed by atoms with Gasteiger partial charge in [-0.1, -0.05) is 0 Å². The minimum atomic E-state index is -0.122. The number of nitrogens with zero attached hydrogens (tertiary/aromatic N) is 3. The number of likely N-dealkylation sites (N-methyl/N-ethyl adjacent to an activating group) is 1. The summed E-state index contributed by atoms with van der Waals surface area (Å²) in [5.41, 5.74) is 8.30. The number of fused-ring (bicyclic) bond motifs is 1. The van der Waals surface area contributed by atoms with Crippen molar-refractivity contribution in [3.05, 3.63) is 24.0 Å². The number of hydrogen-bond donors (Lipinski definition) is 1. The van der Waals surface area contributed by atoms with Gasteiger partial charge in [0.1, 0.15) is 11.9 Å². The maximum Gasteiger partial charge on any atom is 0.245 e. The molecule has 1 aromatic heterocycles. The van der Waals surface area contributed by atoms with E-state index in [1.165, 1.54) is 0 Å². The molecular formula is C13H16N4O. The number of rotatable bonds is 1. The fourth-order valence-electron chi connectivity index (χ4n) is 2.67. The predicted molar refractivity (Wildman–Crippen MR) is 70.2 cm³/mol. The molecule has 5 nitrogen and oxygen atoms in total. The van der Waals surface area contributed by atoms with Crippen LogP contribution in [-0.2, 0) is 4.79 Å². The Morgan fingerprint density at radius 1 is 1.44 bits per heavy atom. The maximum absolute atomic E-state index is 12.1. The number of imidazole rings is 1. The van der Waals surface area contributed by atoms with Crippen LogP contribution in [0.3, 0.4) is 0 Å². The van der Waals surface area contributed by atoms with E-state index in [-0.39, 0.29) is 11.9 Å². The van der Waals surface area contributed by atoms with E-state index < -0.39 is 0 Å². The van der Waals surface area contributed by atoms with E-state index in [1.54, 1.807) is 4.90 Å². The van der Waals surface area contributed by atoms with Gasteiger partial charge >= 0.3 is 0 Å². The van der Waals surface area contributed by atoms with Crippen LogP contribution in [0, 0.1) is 6.92 Å². The van der Waals surface area contributed by atoms with Gasteiger partial charge in [-0.2, -0.15) is 0 Å². The molecule has 1 aliphatic heterocycles. The Morgan fingerprint density at radius 3 is 2.89 bits per heavy atom. The van der Waals surface area contributed by atoms with Crippen LogP contribution in [0.1, 0.15) is 18.3 Å². The Kier molecular flexibility index (Phi) is 2.29. The first-order chi connectivity index (χ1) is 8.58. The van der Waals surface area contributed by atoms with E-state index in [0.29, 0.717) is 5.69 Å². The van der Waals surface area contributed by atoms with Gasteiger partial charge in [0.25, 0.3) is 0 Å². The molecule has 1 fully saturated rings. The largest absolute Gasteiger partial charge is 0.399 e. The Hall–Kier alpha value is -2.04. The fourth-order valence-corrected chi connectivity index (χ4v) is 2.67. The third-order valence-electron chi connectivity index (χ3n) is 3.60. The molecule has 2 N–H and O–H groups in total. The molecule has 0 bridgehead atoms. The molecule has 2 heterocycles. The highest BCUT2D eigenvalue weighted by Gasteiger charge is 2.32. The molecule has 1 aromatic carbocycles. The lowest BCUT2D eigenvalue weighted by Crippen LogP contribution is -2.24. The first-order valence-corrected chi connectivity index (χ1v) is 6.07. The average Bonchev–Trinajstić information content (AvgIpc) is 2.80. The van der Waals surface area contributed by atoms with E-state index in [2.05, 4.69) is 4.98 Å². The standard InChI is InChI=1S/C13H16N4O/c1-8-15-10-7-9(14)3-4-11(10)17(8)12-5-6-16(2)13(12)18/h3-4,7,12H,5-6,14H2,1-2H3. The number of likely N-dealkylation sites (tertiary alicyclic amines) is 1. The van der Waals surface area contributed by atoms with Gasteiger partial charge in [-0.15, -0.1) is 0 Å². The number of aromatic nitrogens is 2. The first-order valence-electron chi connectivity index (χ1n) is 6.07. The summed E-state index contributed by atoms with van der Waals surface area (Å²) in [5, 5.41) is 0. The summed E-state index contributed by atoms with van der Waals surface area (Å²) in [6.45, 7) is 2.74. The second-order valence-corrected chi connectivity index (χ2v) is 4.84.